The number of benzene rings is 6. The predicted molar refractivity (Wildman–Crippen MR) is 124 cm³/mol. The Bertz CT molecular complexity index is 1720. The monoisotopic (exact) mass is 390 g/mol. The number of hydrogen-bond donors (Lipinski definition) is 2. The molecule has 144 valence electrons. The van der Waals surface area contributed by atoms with Gasteiger partial charge in [0.15, 0.2) is 5.43 Å². The van der Waals surface area contributed by atoms with Gasteiger partial charge < -0.3 is 10.4 Å². The van der Waals surface area contributed by atoms with E-state index in [0.29, 0.717) is 10.9 Å². The average molecular weight is 390 g/mol. The Hall–Kier alpha value is -3.92. The maximum atomic E-state index is 13.4. The molecule has 4 aromatic carbocycles. The number of phenols is 1. The van der Waals surface area contributed by atoms with Crippen LogP contribution in [0.2, 0.25) is 0 Å². The fourth-order valence-corrected chi connectivity index (χ4v) is 4.85. The van der Waals surface area contributed by atoms with Crippen molar-refractivity contribution < 1.29 is 5.11 Å². The van der Waals surface area contributed by atoms with Gasteiger partial charge in [-0.05, 0) is 58.1 Å². The normalized spacial score (nSPS) is 12.8. The molecule has 0 unspecified atom stereocenters. The lowest BCUT2D eigenvalue weighted by Crippen LogP contribution is -2.12. The van der Waals surface area contributed by atoms with E-state index >= 15 is 0 Å². The molecular weight excluding hydrogens is 372 g/mol. The lowest BCUT2D eigenvalue weighted by molar-refractivity contribution is 0.488. The standard InChI is InChI=1S/C26H18N2O2/c1-27-13-3-5-15-17-7-10-20-24-18(8-9-19(23(17)24)25(29)21(15)11-13)16-6-4-14(28-2)12-22(16)26(20)30/h3-12,27,29H,1-2H3. The number of nitrogens with zero attached hydrogens (tertiary/aromatic N) is 1. The smallest absolute Gasteiger partial charge is 0.194 e. The van der Waals surface area contributed by atoms with Gasteiger partial charge in [0.25, 0.3) is 0 Å². The Morgan fingerprint density at radius 1 is 0.733 bits per heavy atom. The van der Waals surface area contributed by atoms with Crippen molar-refractivity contribution in [3.05, 3.63) is 76.2 Å². The fraction of sp³-hybridized carbons (Fsp3) is 0.0769. The van der Waals surface area contributed by atoms with E-state index in [2.05, 4.69) is 10.3 Å². The van der Waals surface area contributed by atoms with E-state index < -0.39 is 0 Å². The largest absolute Gasteiger partial charge is 0.507 e. The molecule has 0 heterocycles. The number of rotatable bonds is 1. The molecule has 30 heavy (non-hydrogen) atoms. The van der Waals surface area contributed by atoms with E-state index in [0.717, 1.165) is 54.3 Å². The second-order valence-electron chi connectivity index (χ2n) is 7.71. The Morgan fingerprint density at radius 3 is 2.23 bits per heavy atom. The molecule has 2 aliphatic rings. The summed E-state index contributed by atoms with van der Waals surface area (Å²) in [5.74, 6) is 0.247. The minimum absolute atomic E-state index is 0.00233. The van der Waals surface area contributed by atoms with Crippen molar-refractivity contribution >= 4 is 48.8 Å². The Morgan fingerprint density at radius 2 is 1.43 bits per heavy atom. The van der Waals surface area contributed by atoms with E-state index in [9.17, 15) is 9.90 Å². The zero-order valence-electron chi connectivity index (χ0n) is 16.6. The number of phenolic OH excluding ortho intramolecular Hbond substituents is 1. The summed E-state index contributed by atoms with van der Waals surface area (Å²) in [6.07, 6.45) is 0. The summed E-state index contributed by atoms with van der Waals surface area (Å²) in [5, 5.41) is 22.2. The summed E-state index contributed by atoms with van der Waals surface area (Å²) >= 11 is 0. The topological polar surface area (TPSA) is 61.7 Å². The molecule has 0 bridgehead atoms. The van der Waals surface area contributed by atoms with Crippen LogP contribution in [0.15, 0.2) is 70.5 Å². The number of anilines is 1. The average Bonchev–Trinajstić information content (AvgIpc) is 2.80. The van der Waals surface area contributed by atoms with Gasteiger partial charge in [0.05, 0.1) is 5.36 Å². The van der Waals surface area contributed by atoms with Crippen molar-refractivity contribution in [2.45, 2.75) is 0 Å². The zero-order valence-corrected chi connectivity index (χ0v) is 16.6. The van der Waals surface area contributed by atoms with Gasteiger partial charge >= 0.3 is 0 Å². The van der Waals surface area contributed by atoms with Gasteiger partial charge in [0.1, 0.15) is 5.75 Å². The first-order chi connectivity index (χ1) is 14.6. The molecule has 0 radical (unpaired) electrons. The molecule has 0 saturated heterocycles. The van der Waals surface area contributed by atoms with Crippen LogP contribution in [-0.2, 0) is 0 Å². The fourth-order valence-electron chi connectivity index (χ4n) is 4.85. The molecule has 0 saturated carbocycles. The third-order valence-electron chi connectivity index (χ3n) is 6.31. The zero-order chi connectivity index (χ0) is 20.6. The minimum Gasteiger partial charge on any atom is -0.507 e. The maximum Gasteiger partial charge on any atom is 0.194 e. The SMILES string of the molecule is CN=c1ccc2c3ccc4c(O)c5cc(NC)ccc5c5ccc(c(=O)c-2c1)c3c45. The summed E-state index contributed by atoms with van der Waals surface area (Å²) in [5.41, 5.74) is 2.54. The molecule has 4 aromatic rings. The van der Waals surface area contributed by atoms with Gasteiger partial charge in [0, 0.05) is 52.3 Å². The molecule has 0 amide bonds. The second kappa shape index (κ2) is 5.80. The Kier molecular flexibility index (Phi) is 3.28. The highest BCUT2D eigenvalue weighted by atomic mass is 16.3. The van der Waals surface area contributed by atoms with Gasteiger partial charge in [-0.15, -0.1) is 0 Å². The summed E-state index contributed by atoms with van der Waals surface area (Å²) in [6.45, 7) is 0. The van der Waals surface area contributed by atoms with Crippen LogP contribution >= 0.6 is 0 Å². The minimum atomic E-state index is 0.00233. The third-order valence-corrected chi connectivity index (χ3v) is 6.31. The molecule has 0 atom stereocenters. The number of aromatic hydroxyl groups is 1. The summed E-state index contributed by atoms with van der Waals surface area (Å²) in [4.78, 5) is 17.6. The lowest BCUT2D eigenvalue weighted by atomic mass is 9.85. The van der Waals surface area contributed by atoms with Crippen molar-refractivity contribution in [3.8, 4) is 16.9 Å². The molecule has 0 spiro atoms. The Labute approximate surface area is 171 Å². The van der Waals surface area contributed by atoms with Crippen LogP contribution in [0.25, 0.3) is 54.2 Å². The van der Waals surface area contributed by atoms with Crippen LogP contribution in [0, 0.1) is 0 Å². The van der Waals surface area contributed by atoms with Crippen LogP contribution in [0.5, 0.6) is 5.75 Å². The van der Waals surface area contributed by atoms with Crippen LogP contribution in [0.1, 0.15) is 0 Å². The highest BCUT2D eigenvalue weighted by Crippen LogP contribution is 2.45. The van der Waals surface area contributed by atoms with Crippen LogP contribution < -0.4 is 16.1 Å². The maximum absolute atomic E-state index is 13.4. The van der Waals surface area contributed by atoms with Crippen LogP contribution in [0.4, 0.5) is 5.69 Å². The number of nitrogens with one attached hydrogen (secondary N) is 1. The first-order valence-corrected chi connectivity index (χ1v) is 9.90. The van der Waals surface area contributed by atoms with E-state index in [1.807, 2.05) is 67.7 Å². The lowest BCUT2D eigenvalue weighted by Gasteiger charge is -2.18. The van der Waals surface area contributed by atoms with E-state index in [1.54, 1.807) is 7.05 Å². The van der Waals surface area contributed by atoms with Gasteiger partial charge in [0.2, 0.25) is 0 Å². The highest BCUT2D eigenvalue weighted by Gasteiger charge is 2.21. The van der Waals surface area contributed by atoms with E-state index in [1.165, 1.54) is 0 Å². The van der Waals surface area contributed by atoms with E-state index in [4.69, 9.17) is 0 Å². The quantitative estimate of drug-likeness (QED) is 0.309. The number of fused-ring (bicyclic) bond motifs is 4. The second-order valence-corrected chi connectivity index (χ2v) is 7.71. The molecule has 0 aromatic heterocycles. The molecule has 4 heteroatoms. The molecular formula is C26H18N2O2. The van der Waals surface area contributed by atoms with Crippen molar-refractivity contribution in [3.63, 3.8) is 0 Å². The highest BCUT2D eigenvalue weighted by molar-refractivity contribution is 6.32. The van der Waals surface area contributed by atoms with Crippen LogP contribution in [-0.4, -0.2) is 19.2 Å². The van der Waals surface area contributed by atoms with E-state index in [-0.39, 0.29) is 11.2 Å². The van der Waals surface area contributed by atoms with Crippen molar-refractivity contribution in [2.75, 3.05) is 19.4 Å². The summed E-state index contributed by atoms with van der Waals surface area (Å²) in [7, 11) is 3.59. The summed E-state index contributed by atoms with van der Waals surface area (Å²) < 4.78 is 0. The van der Waals surface area contributed by atoms with Crippen molar-refractivity contribution in [1.82, 2.24) is 0 Å². The van der Waals surface area contributed by atoms with Gasteiger partial charge in [-0.1, -0.05) is 24.3 Å². The van der Waals surface area contributed by atoms with Crippen molar-refractivity contribution in [1.29, 1.82) is 0 Å². The summed E-state index contributed by atoms with van der Waals surface area (Å²) in [6, 6.07) is 19.7. The van der Waals surface area contributed by atoms with Gasteiger partial charge in [-0.2, -0.15) is 0 Å². The van der Waals surface area contributed by atoms with Gasteiger partial charge in [-0.25, -0.2) is 0 Å². The molecule has 2 aliphatic carbocycles. The molecule has 2 N–H and O–H groups in total. The molecule has 6 rings (SSSR count). The molecule has 0 fully saturated rings. The molecule has 0 aliphatic heterocycles. The first kappa shape index (κ1) is 17.0. The van der Waals surface area contributed by atoms with Crippen molar-refractivity contribution in [2.24, 2.45) is 4.99 Å². The Balaban J connectivity index is 1.93. The predicted octanol–water partition coefficient (Wildman–Crippen LogP) is 4.92. The molecule has 4 nitrogen and oxygen atoms in total. The number of hydrogen-bond acceptors (Lipinski definition) is 4. The van der Waals surface area contributed by atoms with Crippen LogP contribution in [0.3, 0.4) is 0 Å². The van der Waals surface area contributed by atoms with Gasteiger partial charge in [-0.3, -0.25) is 9.79 Å². The third kappa shape index (κ3) is 2.00. The first-order valence-electron chi connectivity index (χ1n) is 9.90.